The minimum Gasteiger partial charge on any atom is -0.306 e. The summed E-state index contributed by atoms with van der Waals surface area (Å²) in [6, 6.07) is 16.1. The number of benzene rings is 2. The number of rotatable bonds is 4. The molecule has 1 N–H and O–H groups in total. The Bertz CT molecular complexity index is 994. The van der Waals surface area contributed by atoms with Crippen LogP contribution in [0.2, 0.25) is 5.02 Å². The van der Waals surface area contributed by atoms with Gasteiger partial charge in [-0.25, -0.2) is 4.98 Å². The van der Waals surface area contributed by atoms with Crippen LogP contribution in [0.25, 0.3) is 11.4 Å². The number of fused-ring (bicyclic) bond motifs is 1. The maximum atomic E-state index is 12.7. The van der Waals surface area contributed by atoms with Gasteiger partial charge in [-0.15, -0.1) is 0 Å². The number of aromatic nitrogens is 2. The number of nitrogens with one attached hydrogen (secondary N) is 1. The fourth-order valence-electron chi connectivity index (χ4n) is 3.50. The quantitative estimate of drug-likeness (QED) is 0.738. The average molecular weight is 380 g/mol. The molecule has 1 aliphatic rings. The molecule has 5 heteroatoms. The van der Waals surface area contributed by atoms with E-state index in [-0.39, 0.29) is 5.56 Å². The van der Waals surface area contributed by atoms with Crippen LogP contribution >= 0.6 is 11.6 Å². The summed E-state index contributed by atoms with van der Waals surface area (Å²) in [5.74, 6) is 0.610. The van der Waals surface area contributed by atoms with E-state index in [0.29, 0.717) is 17.4 Å². The van der Waals surface area contributed by atoms with Crippen molar-refractivity contribution in [3.63, 3.8) is 0 Å². The molecular formula is C22H22ClN3O. The first kappa shape index (κ1) is 18.0. The molecule has 4 nitrogen and oxygen atoms in total. The van der Waals surface area contributed by atoms with Crippen LogP contribution in [-0.2, 0) is 25.9 Å². The van der Waals surface area contributed by atoms with Gasteiger partial charge in [0.15, 0.2) is 0 Å². The van der Waals surface area contributed by atoms with Crippen LogP contribution in [0.3, 0.4) is 0 Å². The molecule has 1 aliphatic heterocycles. The lowest BCUT2D eigenvalue weighted by atomic mass is 10.0. The van der Waals surface area contributed by atoms with E-state index in [1.54, 1.807) is 0 Å². The molecule has 0 radical (unpaired) electrons. The molecular weight excluding hydrogens is 358 g/mol. The maximum Gasteiger partial charge on any atom is 0.255 e. The van der Waals surface area contributed by atoms with E-state index in [0.717, 1.165) is 42.8 Å². The Kier molecular flexibility index (Phi) is 5.10. The summed E-state index contributed by atoms with van der Waals surface area (Å²) in [7, 11) is 0. The molecule has 138 valence electrons. The van der Waals surface area contributed by atoms with Crippen LogP contribution < -0.4 is 5.56 Å². The Labute approximate surface area is 163 Å². The van der Waals surface area contributed by atoms with Crippen molar-refractivity contribution in [3.05, 3.63) is 86.3 Å². The number of halogens is 1. The van der Waals surface area contributed by atoms with Gasteiger partial charge in [0.05, 0.1) is 11.3 Å². The summed E-state index contributed by atoms with van der Waals surface area (Å²) >= 11 is 5.95. The van der Waals surface area contributed by atoms with E-state index in [2.05, 4.69) is 41.1 Å². The zero-order chi connectivity index (χ0) is 18.8. The second-order valence-corrected chi connectivity index (χ2v) is 7.41. The van der Waals surface area contributed by atoms with Crippen LogP contribution in [0.1, 0.15) is 29.3 Å². The SMILES string of the molecule is CCc1ccc(CN2CCc3nc(-c4ccc(Cl)cc4)[nH]c(=O)c3C2)cc1. The zero-order valence-electron chi connectivity index (χ0n) is 15.3. The molecule has 2 aromatic carbocycles. The summed E-state index contributed by atoms with van der Waals surface area (Å²) in [4.78, 5) is 22.6. The highest BCUT2D eigenvalue weighted by Crippen LogP contribution is 2.21. The molecule has 0 amide bonds. The molecule has 0 saturated carbocycles. The van der Waals surface area contributed by atoms with Gasteiger partial charge in [-0.2, -0.15) is 0 Å². The predicted octanol–water partition coefficient (Wildman–Crippen LogP) is 4.21. The summed E-state index contributed by atoms with van der Waals surface area (Å²) in [6.07, 6.45) is 1.83. The molecule has 0 fully saturated rings. The molecule has 4 rings (SSSR count). The third kappa shape index (κ3) is 3.97. The number of H-pyrrole nitrogens is 1. The highest BCUT2D eigenvalue weighted by Gasteiger charge is 2.21. The minimum absolute atomic E-state index is 0.0454. The summed E-state index contributed by atoms with van der Waals surface area (Å²) < 4.78 is 0. The third-order valence-corrected chi connectivity index (χ3v) is 5.35. The van der Waals surface area contributed by atoms with Crippen molar-refractivity contribution in [3.8, 4) is 11.4 Å². The molecule has 1 aromatic heterocycles. The average Bonchev–Trinajstić information content (AvgIpc) is 2.69. The third-order valence-electron chi connectivity index (χ3n) is 5.10. The van der Waals surface area contributed by atoms with E-state index in [9.17, 15) is 4.79 Å². The van der Waals surface area contributed by atoms with E-state index in [1.807, 2.05) is 24.3 Å². The van der Waals surface area contributed by atoms with Crippen LogP contribution in [0, 0.1) is 0 Å². The van der Waals surface area contributed by atoms with Gasteiger partial charge in [-0.1, -0.05) is 42.8 Å². The number of hydrogen-bond donors (Lipinski definition) is 1. The van der Waals surface area contributed by atoms with Crippen LogP contribution in [0.5, 0.6) is 0 Å². The molecule has 0 spiro atoms. The standard InChI is InChI=1S/C22H22ClN3O/c1-2-15-3-5-16(6-4-15)13-26-12-11-20-19(14-26)22(27)25-21(24-20)17-7-9-18(23)10-8-17/h3-10H,2,11-14H2,1H3,(H,24,25,27). The highest BCUT2D eigenvalue weighted by molar-refractivity contribution is 6.30. The van der Waals surface area contributed by atoms with Crippen molar-refractivity contribution >= 4 is 11.6 Å². The van der Waals surface area contributed by atoms with Gasteiger partial charge < -0.3 is 4.98 Å². The first-order valence-corrected chi connectivity index (χ1v) is 9.68. The molecule has 0 unspecified atom stereocenters. The van der Waals surface area contributed by atoms with Crippen molar-refractivity contribution in [2.75, 3.05) is 6.54 Å². The van der Waals surface area contributed by atoms with Gasteiger partial charge in [0.25, 0.3) is 5.56 Å². The number of hydrogen-bond acceptors (Lipinski definition) is 3. The molecule has 2 heterocycles. The van der Waals surface area contributed by atoms with Gasteiger partial charge in [0.1, 0.15) is 5.82 Å². The lowest BCUT2D eigenvalue weighted by molar-refractivity contribution is 0.242. The van der Waals surface area contributed by atoms with Crippen molar-refractivity contribution in [2.45, 2.75) is 32.9 Å². The van der Waals surface area contributed by atoms with E-state index >= 15 is 0 Å². The van der Waals surface area contributed by atoms with Gasteiger partial charge in [-0.05, 0) is 41.8 Å². The van der Waals surface area contributed by atoms with Gasteiger partial charge in [0, 0.05) is 36.6 Å². The Morgan fingerprint density at radius 3 is 2.48 bits per heavy atom. The monoisotopic (exact) mass is 379 g/mol. The second kappa shape index (κ2) is 7.67. The number of aromatic amines is 1. The van der Waals surface area contributed by atoms with E-state index < -0.39 is 0 Å². The fourth-order valence-corrected chi connectivity index (χ4v) is 3.62. The van der Waals surface area contributed by atoms with E-state index in [4.69, 9.17) is 16.6 Å². The number of aryl methyl sites for hydroxylation is 1. The zero-order valence-corrected chi connectivity index (χ0v) is 16.1. The second-order valence-electron chi connectivity index (χ2n) is 6.98. The highest BCUT2D eigenvalue weighted by atomic mass is 35.5. The van der Waals surface area contributed by atoms with Crippen molar-refractivity contribution in [2.24, 2.45) is 0 Å². The van der Waals surface area contributed by atoms with Crippen LogP contribution in [-0.4, -0.2) is 21.4 Å². The Morgan fingerprint density at radius 1 is 1.07 bits per heavy atom. The lowest BCUT2D eigenvalue weighted by Gasteiger charge is -2.27. The summed E-state index contributed by atoms with van der Waals surface area (Å²) in [5.41, 5.74) is 5.13. The largest absolute Gasteiger partial charge is 0.306 e. The van der Waals surface area contributed by atoms with Crippen molar-refractivity contribution in [1.82, 2.24) is 14.9 Å². The normalized spacial score (nSPS) is 14.1. The minimum atomic E-state index is -0.0454. The molecule has 0 saturated heterocycles. The Hall–Kier alpha value is -2.43. The van der Waals surface area contributed by atoms with Crippen LogP contribution in [0.15, 0.2) is 53.3 Å². The molecule has 0 aliphatic carbocycles. The van der Waals surface area contributed by atoms with Crippen molar-refractivity contribution in [1.29, 1.82) is 0 Å². The first-order valence-electron chi connectivity index (χ1n) is 9.30. The van der Waals surface area contributed by atoms with Gasteiger partial charge in [-0.3, -0.25) is 9.69 Å². The molecule has 27 heavy (non-hydrogen) atoms. The Balaban J connectivity index is 1.54. The predicted molar refractivity (Wildman–Crippen MR) is 109 cm³/mol. The van der Waals surface area contributed by atoms with Gasteiger partial charge in [0.2, 0.25) is 0 Å². The molecule has 0 atom stereocenters. The fraction of sp³-hybridized carbons (Fsp3) is 0.273. The summed E-state index contributed by atoms with van der Waals surface area (Å²) in [6.45, 7) is 4.54. The van der Waals surface area contributed by atoms with Crippen molar-refractivity contribution < 1.29 is 0 Å². The smallest absolute Gasteiger partial charge is 0.255 e. The van der Waals surface area contributed by atoms with E-state index in [1.165, 1.54) is 11.1 Å². The summed E-state index contributed by atoms with van der Waals surface area (Å²) in [5, 5.41) is 0.668. The maximum absolute atomic E-state index is 12.7. The topological polar surface area (TPSA) is 49.0 Å². The Morgan fingerprint density at radius 2 is 1.78 bits per heavy atom. The molecule has 0 bridgehead atoms. The first-order chi connectivity index (χ1) is 13.1. The number of nitrogens with zero attached hydrogens (tertiary/aromatic N) is 2. The molecule has 3 aromatic rings. The van der Waals surface area contributed by atoms with Gasteiger partial charge >= 0.3 is 0 Å². The van der Waals surface area contributed by atoms with Crippen LogP contribution in [0.4, 0.5) is 0 Å². The lowest BCUT2D eigenvalue weighted by Crippen LogP contribution is -2.35.